The van der Waals surface area contributed by atoms with E-state index in [2.05, 4.69) is 20.4 Å². The van der Waals surface area contributed by atoms with E-state index >= 15 is 0 Å². The Kier molecular flexibility index (Phi) is 11.3. The van der Waals surface area contributed by atoms with Crippen molar-refractivity contribution in [1.29, 1.82) is 0 Å². The maximum atomic E-state index is 13.8. The lowest BCUT2D eigenvalue weighted by Gasteiger charge is -2.32. The highest BCUT2D eigenvalue weighted by Crippen LogP contribution is 2.63. The Morgan fingerprint density at radius 3 is 1.86 bits per heavy atom. The van der Waals surface area contributed by atoms with Crippen LogP contribution in [-0.2, 0) is 51.2 Å². The molecule has 2 bridgehead atoms. The fraction of sp³-hybridized carbons (Fsp3) is 0.417. The first-order valence-corrected chi connectivity index (χ1v) is 22.2. The van der Waals surface area contributed by atoms with Gasteiger partial charge in [0.15, 0.2) is 11.6 Å². The lowest BCUT2D eigenvalue weighted by molar-refractivity contribution is -0.148. The van der Waals surface area contributed by atoms with Crippen molar-refractivity contribution < 1.29 is 29.4 Å². The Hall–Kier alpha value is -5.83. The molecular formula is C48H53ClN8O6. The standard InChI is InChI=1S/C48H53ClN8O6/c1-29-32(6-4-8-34(29)52-43(58)41-50-36-26-56(23-15-38(36)54(41)2)22-14-30-10-12-31(13-11-30)45(60)61)33-7-5-9-35(40(33)49)53-44(59)42-51-37-27-57(24-16-39(37)55(42)3)25-21-47-17-19-48(28-47,20-18-47)46(62)63/h4-13H,14-28H2,1-3H3,(H,52,58)(H,53,59)(H,60,61)(H,62,63). The van der Waals surface area contributed by atoms with E-state index in [0.29, 0.717) is 46.7 Å². The van der Waals surface area contributed by atoms with E-state index in [1.165, 1.54) is 0 Å². The predicted octanol–water partition coefficient (Wildman–Crippen LogP) is 7.37. The second kappa shape index (κ2) is 16.7. The number of aliphatic carboxylic acids is 1. The van der Waals surface area contributed by atoms with Crippen LogP contribution in [0.15, 0.2) is 60.7 Å². The van der Waals surface area contributed by atoms with Gasteiger partial charge >= 0.3 is 11.9 Å². The van der Waals surface area contributed by atoms with E-state index < -0.39 is 17.4 Å². The number of nitrogens with one attached hydrogen (secondary N) is 2. The summed E-state index contributed by atoms with van der Waals surface area (Å²) in [4.78, 5) is 65.1. The van der Waals surface area contributed by atoms with Gasteiger partial charge in [-0.1, -0.05) is 48.0 Å². The normalized spacial score (nSPS) is 20.6. The van der Waals surface area contributed by atoms with Gasteiger partial charge in [-0.25, -0.2) is 14.8 Å². The molecule has 3 aromatic carbocycles. The number of aromatic carboxylic acids is 1. The zero-order valence-corrected chi connectivity index (χ0v) is 36.7. The Balaban J connectivity index is 0.838. The first kappa shape index (κ1) is 42.5. The van der Waals surface area contributed by atoms with Gasteiger partial charge in [0, 0.05) is 82.3 Å². The number of fused-ring (bicyclic) bond motifs is 4. The molecule has 0 radical (unpaired) electrons. The van der Waals surface area contributed by atoms with Crippen LogP contribution in [0.25, 0.3) is 11.1 Å². The second-order valence-electron chi connectivity index (χ2n) is 18.1. The van der Waals surface area contributed by atoms with Crippen LogP contribution in [0.1, 0.15) is 104 Å². The minimum Gasteiger partial charge on any atom is -0.481 e. The zero-order valence-electron chi connectivity index (χ0n) is 36.0. The van der Waals surface area contributed by atoms with Crippen molar-refractivity contribution in [3.63, 3.8) is 0 Å². The number of benzene rings is 3. The van der Waals surface area contributed by atoms with E-state index in [1.54, 1.807) is 18.2 Å². The summed E-state index contributed by atoms with van der Waals surface area (Å²) in [5, 5.41) is 25.5. The molecule has 2 amide bonds. The molecule has 0 atom stereocenters. The summed E-state index contributed by atoms with van der Waals surface area (Å²) in [6.45, 7) is 6.55. The van der Waals surface area contributed by atoms with Crippen LogP contribution in [0, 0.1) is 17.8 Å². The SMILES string of the molecule is Cc1c(NC(=O)c2nc3c(n2C)CCN(CCc2ccc(C(=O)O)cc2)C3)cccc1-c1cccc(NC(=O)c2nc3c(n2C)CCN(CCC24CCC(C(=O)O)(CC2)C4)C3)c1Cl. The van der Waals surface area contributed by atoms with Crippen LogP contribution in [0.3, 0.4) is 0 Å². The van der Waals surface area contributed by atoms with Crippen molar-refractivity contribution in [2.75, 3.05) is 36.8 Å². The van der Waals surface area contributed by atoms with Crippen LogP contribution < -0.4 is 10.6 Å². The number of carboxylic acid groups (broad SMARTS) is 2. The van der Waals surface area contributed by atoms with Crippen molar-refractivity contribution >= 4 is 46.7 Å². The highest BCUT2D eigenvalue weighted by molar-refractivity contribution is 6.36. The van der Waals surface area contributed by atoms with Crippen LogP contribution >= 0.6 is 11.6 Å². The molecular weight excluding hydrogens is 820 g/mol. The van der Waals surface area contributed by atoms with Gasteiger partial charge in [-0.05, 0) is 105 Å². The topological polar surface area (TPSA) is 175 Å². The van der Waals surface area contributed by atoms with Crippen molar-refractivity contribution in [3.05, 3.63) is 117 Å². The lowest BCUT2D eigenvalue weighted by atomic mass is 9.80. The van der Waals surface area contributed by atoms with E-state index in [9.17, 15) is 29.4 Å². The third-order valence-corrected chi connectivity index (χ3v) is 14.9. The molecule has 4 aliphatic rings. The van der Waals surface area contributed by atoms with Crippen LogP contribution in [0.4, 0.5) is 11.4 Å². The average Bonchev–Trinajstić information content (AvgIpc) is 4.04. The van der Waals surface area contributed by atoms with Gasteiger partial charge < -0.3 is 30.0 Å². The summed E-state index contributed by atoms with van der Waals surface area (Å²) >= 11 is 7.06. The predicted molar refractivity (Wildman–Crippen MR) is 239 cm³/mol. The van der Waals surface area contributed by atoms with Gasteiger partial charge in [0.25, 0.3) is 11.8 Å². The Morgan fingerprint density at radius 2 is 1.29 bits per heavy atom. The van der Waals surface area contributed by atoms with Crippen LogP contribution in [0.2, 0.25) is 5.02 Å². The van der Waals surface area contributed by atoms with Crippen molar-refractivity contribution in [2.24, 2.45) is 24.9 Å². The molecule has 0 spiro atoms. The van der Waals surface area contributed by atoms with Crippen molar-refractivity contribution in [1.82, 2.24) is 28.9 Å². The number of nitrogens with zero attached hydrogens (tertiary/aromatic N) is 6. The molecule has 2 saturated carbocycles. The number of imidazole rings is 2. The number of carbonyl (C=O) groups is 4. The molecule has 2 aliphatic carbocycles. The van der Waals surface area contributed by atoms with Gasteiger partial charge in [0.05, 0.1) is 33.1 Å². The summed E-state index contributed by atoms with van der Waals surface area (Å²) in [6, 6.07) is 18.1. The average molecular weight is 873 g/mol. The number of halogens is 1. The van der Waals surface area contributed by atoms with Gasteiger partial charge in [0.1, 0.15) is 0 Å². The Morgan fingerprint density at radius 1 is 0.730 bits per heavy atom. The third kappa shape index (κ3) is 8.04. The van der Waals surface area contributed by atoms with Crippen LogP contribution in [-0.4, -0.2) is 89.0 Å². The molecule has 63 heavy (non-hydrogen) atoms. The number of hydrogen-bond acceptors (Lipinski definition) is 8. The molecule has 4 N–H and O–H groups in total. The van der Waals surface area contributed by atoms with E-state index in [-0.39, 0.29) is 22.8 Å². The second-order valence-corrected chi connectivity index (χ2v) is 18.5. The number of amides is 2. The van der Waals surface area contributed by atoms with E-state index in [4.69, 9.17) is 21.6 Å². The summed E-state index contributed by atoms with van der Waals surface area (Å²) in [6.07, 6.45) is 7.65. The Bertz CT molecular complexity index is 2640. The van der Waals surface area contributed by atoms with E-state index in [1.807, 2.05) is 72.6 Å². The monoisotopic (exact) mass is 872 g/mol. The quantitative estimate of drug-likeness (QED) is 0.0936. The Labute approximate surface area is 371 Å². The number of carboxylic acids is 2. The smallest absolute Gasteiger partial charge is 0.335 e. The van der Waals surface area contributed by atoms with Crippen molar-refractivity contribution in [3.8, 4) is 11.1 Å². The summed E-state index contributed by atoms with van der Waals surface area (Å²) in [5.74, 6) is -1.60. The molecule has 0 saturated heterocycles. The number of rotatable bonds is 13. The number of aromatic nitrogens is 4. The molecule has 15 heteroatoms. The van der Waals surface area contributed by atoms with Gasteiger partial charge in [-0.15, -0.1) is 0 Å². The fourth-order valence-electron chi connectivity index (χ4n) is 10.7. The summed E-state index contributed by atoms with van der Waals surface area (Å²) < 4.78 is 3.76. The highest BCUT2D eigenvalue weighted by Gasteiger charge is 2.57. The molecule has 2 fully saturated rings. The largest absolute Gasteiger partial charge is 0.481 e. The minimum atomic E-state index is -0.939. The molecule has 5 aromatic rings. The van der Waals surface area contributed by atoms with Gasteiger partial charge in [-0.3, -0.25) is 24.2 Å². The maximum absolute atomic E-state index is 13.8. The fourth-order valence-corrected chi connectivity index (χ4v) is 10.9. The van der Waals surface area contributed by atoms with Gasteiger partial charge in [-0.2, -0.15) is 0 Å². The molecule has 328 valence electrons. The molecule has 2 aliphatic heterocycles. The minimum absolute atomic E-state index is 0.129. The first-order valence-electron chi connectivity index (χ1n) is 21.8. The zero-order chi connectivity index (χ0) is 44.2. The maximum Gasteiger partial charge on any atom is 0.335 e. The molecule has 9 rings (SSSR count). The summed E-state index contributed by atoms with van der Waals surface area (Å²) in [5.41, 5.74) is 8.17. The van der Waals surface area contributed by atoms with Crippen LogP contribution in [0.5, 0.6) is 0 Å². The van der Waals surface area contributed by atoms with E-state index in [0.717, 1.165) is 123 Å². The molecule has 2 aromatic heterocycles. The summed E-state index contributed by atoms with van der Waals surface area (Å²) in [7, 11) is 3.75. The van der Waals surface area contributed by atoms with Gasteiger partial charge in [0.2, 0.25) is 0 Å². The first-order chi connectivity index (χ1) is 30.2. The van der Waals surface area contributed by atoms with Crippen molar-refractivity contribution in [2.45, 2.75) is 77.8 Å². The lowest BCUT2D eigenvalue weighted by Crippen LogP contribution is -2.34. The highest BCUT2D eigenvalue weighted by atomic mass is 35.5. The molecule has 0 unspecified atom stereocenters. The number of anilines is 2. The number of hydrogen-bond donors (Lipinski definition) is 4. The third-order valence-electron chi connectivity index (χ3n) is 14.5. The molecule has 14 nitrogen and oxygen atoms in total. The number of carbonyl (C=O) groups excluding carboxylic acids is 2. The molecule has 4 heterocycles.